The van der Waals surface area contributed by atoms with Crippen LogP contribution < -0.4 is 0 Å². The van der Waals surface area contributed by atoms with Crippen molar-refractivity contribution in [2.24, 2.45) is 0 Å². The number of aryl methyl sites for hydroxylation is 1. The van der Waals surface area contributed by atoms with Gasteiger partial charge in [-0.1, -0.05) is 29.3 Å². The first kappa shape index (κ1) is 15.6. The lowest BCUT2D eigenvalue weighted by atomic mass is 10.1. The molecule has 1 aliphatic heterocycles. The predicted molar refractivity (Wildman–Crippen MR) is 81.4 cm³/mol. The first-order chi connectivity index (χ1) is 9.47. The zero-order chi connectivity index (χ0) is 14.7. The Morgan fingerprint density at radius 3 is 2.85 bits per heavy atom. The second kappa shape index (κ2) is 6.79. The molecule has 0 spiro atoms. The van der Waals surface area contributed by atoms with E-state index in [9.17, 15) is 4.79 Å². The fourth-order valence-corrected chi connectivity index (χ4v) is 2.86. The zero-order valence-corrected chi connectivity index (χ0v) is 13.2. The summed E-state index contributed by atoms with van der Waals surface area (Å²) in [5.41, 5.74) is 0.957. The van der Waals surface area contributed by atoms with E-state index in [0.29, 0.717) is 36.0 Å². The number of halogens is 2. The summed E-state index contributed by atoms with van der Waals surface area (Å²) in [6, 6.07) is 5.53. The highest BCUT2D eigenvalue weighted by atomic mass is 35.5. The fourth-order valence-electron chi connectivity index (χ4n) is 2.36. The minimum absolute atomic E-state index is 0.106. The van der Waals surface area contributed by atoms with Crippen molar-refractivity contribution in [3.8, 4) is 0 Å². The van der Waals surface area contributed by atoms with Crippen LogP contribution in [-0.4, -0.2) is 36.1 Å². The van der Waals surface area contributed by atoms with Crippen molar-refractivity contribution in [2.75, 3.05) is 13.2 Å². The average Bonchev–Trinajstić information content (AvgIpc) is 2.40. The summed E-state index contributed by atoms with van der Waals surface area (Å²) >= 11 is 12.0. The van der Waals surface area contributed by atoms with Gasteiger partial charge in [0.15, 0.2) is 0 Å². The number of benzene rings is 1. The molecule has 0 saturated carbocycles. The minimum atomic E-state index is 0.106. The normalized spacial score (nSPS) is 22.9. The van der Waals surface area contributed by atoms with E-state index in [4.69, 9.17) is 27.9 Å². The molecule has 0 bridgehead atoms. The van der Waals surface area contributed by atoms with Crippen molar-refractivity contribution < 1.29 is 9.53 Å². The summed E-state index contributed by atoms with van der Waals surface area (Å²) in [6.45, 7) is 5.27. The molecule has 1 aliphatic rings. The van der Waals surface area contributed by atoms with Gasteiger partial charge in [0.25, 0.3) is 0 Å². The van der Waals surface area contributed by atoms with Crippen molar-refractivity contribution in [3.05, 3.63) is 33.8 Å². The van der Waals surface area contributed by atoms with Gasteiger partial charge in [0.05, 0.1) is 18.8 Å². The van der Waals surface area contributed by atoms with Crippen molar-refractivity contribution in [3.63, 3.8) is 0 Å². The summed E-state index contributed by atoms with van der Waals surface area (Å²) in [4.78, 5) is 14.2. The Kier molecular flexibility index (Phi) is 5.30. The van der Waals surface area contributed by atoms with E-state index >= 15 is 0 Å². The standard InChI is InChI=1S/C15H19Cl2NO2/c1-10-9-20-11(2)8-18(10)15(19)6-4-12-3-5-13(16)7-14(12)17/h3,5,7,10-11H,4,6,8-9H2,1-2H3. The minimum Gasteiger partial charge on any atom is -0.375 e. The highest BCUT2D eigenvalue weighted by Gasteiger charge is 2.27. The molecule has 0 radical (unpaired) electrons. The Balaban J connectivity index is 1.94. The maximum atomic E-state index is 12.3. The van der Waals surface area contributed by atoms with E-state index in [-0.39, 0.29) is 18.1 Å². The van der Waals surface area contributed by atoms with E-state index in [1.54, 1.807) is 12.1 Å². The molecule has 0 aliphatic carbocycles. The second-order valence-corrected chi connectivity index (χ2v) is 6.12. The van der Waals surface area contributed by atoms with Gasteiger partial charge < -0.3 is 9.64 Å². The SMILES string of the molecule is CC1CN(C(=O)CCc2ccc(Cl)cc2Cl)C(C)CO1. The summed E-state index contributed by atoms with van der Waals surface area (Å²) in [6.07, 6.45) is 1.19. The van der Waals surface area contributed by atoms with Crippen LogP contribution in [0.2, 0.25) is 10.0 Å². The maximum Gasteiger partial charge on any atom is 0.223 e. The molecule has 1 aromatic carbocycles. The van der Waals surface area contributed by atoms with Crippen molar-refractivity contribution in [1.82, 2.24) is 4.90 Å². The number of hydrogen-bond acceptors (Lipinski definition) is 2. The Bertz CT molecular complexity index is 493. The third kappa shape index (κ3) is 3.87. The molecular formula is C15H19Cl2NO2. The van der Waals surface area contributed by atoms with Gasteiger partial charge in [-0.15, -0.1) is 0 Å². The largest absolute Gasteiger partial charge is 0.375 e. The van der Waals surface area contributed by atoms with Crippen molar-refractivity contribution >= 4 is 29.1 Å². The average molecular weight is 316 g/mol. The number of morpholine rings is 1. The van der Waals surface area contributed by atoms with Gasteiger partial charge in [0.2, 0.25) is 5.91 Å². The lowest BCUT2D eigenvalue weighted by Gasteiger charge is -2.37. The van der Waals surface area contributed by atoms with Gasteiger partial charge in [-0.05, 0) is 38.0 Å². The van der Waals surface area contributed by atoms with Crippen LogP contribution in [-0.2, 0) is 16.0 Å². The molecular weight excluding hydrogens is 297 g/mol. The molecule has 110 valence electrons. The van der Waals surface area contributed by atoms with E-state index in [1.807, 2.05) is 24.8 Å². The molecule has 2 rings (SSSR count). The van der Waals surface area contributed by atoms with Crippen LogP contribution in [0.3, 0.4) is 0 Å². The molecule has 3 nitrogen and oxygen atoms in total. The van der Waals surface area contributed by atoms with Crippen LogP contribution in [0, 0.1) is 0 Å². The van der Waals surface area contributed by atoms with Crippen molar-refractivity contribution in [2.45, 2.75) is 38.8 Å². The highest BCUT2D eigenvalue weighted by molar-refractivity contribution is 6.35. The lowest BCUT2D eigenvalue weighted by molar-refractivity contribution is -0.143. The molecule has 1 heterocycles. The molecule has 2 unspecified atom stereocenters. The van der Waals surface area contributed by atoms with Crippen LogP contribution >= 0.6 is 23.2 Å². The van der Waals surface area contributed by atoms with Crippen molar-refractivity contribution in [1.29, 1.82) is 0 Å². The quantitative estimate of drug-likeness (QED) is 0.853. The number of rotatable bonds is 3. The number of nitrogens with zero attached hydrogens (tertiary/aromatic N) is 1. The molecule has 20 heavy (non-hydrogen) atoms. The topological polar surface area (TPSA) is 29.5 Å². The van der Waals surface area contributed by atoms with E-state index in [1.165, 1.54) is 0 Å². The first-order valence-corrected chi connectivity index (χ1v) is 7.58. The number of carbonyl (C=O) groups is 1. The van der Waals surface area contributed by atoms with Gasteiger partial charge in [-0.3, -0.25) is 4.79 Å². The van der Waals surface area contributed by atoms with E-state index in [2.05, 4.69) is 0 Å². The molecule has 0 N–H and O–H groups in total. The Morgan fingerprint density at radius 2 is 2.15 bits per heavy atom. The maximum absolute atomic E-state index is 12.3. The monoisotopic (exact) mass is 315 g/mol. The Hall–Kier alpha value is -0.770. The van der Waals surface area contributed by atoms with Gasteiger partial charge in [-0.2, -0.15) is 0 Å². The number of hydrogen-bond donors (Lipinski definition) is 0. The Labute approximate surface area is 129 Å². The molecule has 2 atom stereocenters. The van der Waals surface area contributed by atoms with Gasteiger partial charge >= 0.3 is 0 Å². The number of carbonyl (C=O) groups excluding carboxylic acids is 1. The highest BCUT2D eigenvalue weighted by Crippen LogP contribution is 2.22. The molecule has 1 amide bonds. The first-order valence-electron chi connectivity index (χ1n) is 6.82. The van der Waals surface area contributed by atoms with Gasteiger partial charge in [0, 0.05) is 23.0 Å². The third-order valence-electron chi connectivity index (χ3n) is 3.55. The zero-order valence-electron chi connectivity index (χ0n) is 11.7. The summed E-state index contributed by atoms with van der Waals surface area (Å²) in [7, 11) is 0. The second-order valence-electron chi connectivity index (χ2n) is 5.27. The summed E-state index contributed by atoms with van der Waals surface area (Å²) < 4.78 is 5.54. The Morgan fingerprint density at radius 1 is 1.40 bits per heavy atom. The molecule has 1 saturated heterocycles. The van der Waals surface area contributed by atoms with Crippen LogP contribution in [0.5, 0.6) is 0 Å². The van der Waals surface area contributed by atoms with Crippen LogP contribution in [0.1, 0.15) is 25.8 Å². The molecule has 0 aromatic heterocycles. The van der Waals surface area contributed by atoms with Crippen LogP contribution in [0.15, 0.2) is 18.2 Å². The van der Waals surface area contributed by atoms with E-state index in [0.717, 1.165) is 5.56 Å². The third-order valence-corrected chi connectivity index (χ3v) is 4.14. The summed E-state index contributed by atoms with van der Waals surface area (Å²) in [5.74, 6) is 0.152. The smallest absolute Gasteiger partial charge is 0.223 e. The van der Waals surface area contributed by atoms with E-state index < -0.39 is 0 Å². The van der Waals surface area contributed by atoms with Gasteiger partial charge in [0.1, 0.15) is 0 Å². The fraction of sp³-hybridized carbons (Fsp3) is 0.533. The van der Waals surface area contributed by atoms with Crippen LogP contribution in [0.4, 0.5) is 0 Å². The number of amides is 1. The lowest BCUT2D eigenvalue weighted by Crippen LogP contribution is -2.50. The van der Waals surface area contributed by atoms with Crippen LogP contribution in [0.25, 0.3) is 0 Å². The molecule has 5 heteroatoms. The van der Waals surface area contributed by atoms with Gasteiger partial charge in [-0.25, -0.2) is 0 Å². The molecule has 1 aromatic rings. The summed E-state index contributed by atoms with van der Waals surface area (Å²) in [5, 5.41) is 1.23. The predicted octanol–water partition coefficient (Wildman–Crippen LogP) is 3.56. The number of ether oxygens (including phenoxy) is 1. The molecule has 1 fully saturated rings.